The maximum atomic E-state index is 14.2. The lowest BCUT2D eigenvalue weighted by Gasteiger charge is -2.32. The first-order chi connectivity index (χ1) is 21.4. The van der Waals surface area contributed by atoms with Crippen molar-refractivity contribution in [1.82, 2.24) is 19.9 Å². The molecule has 1 aromatic heterocycles. The third-order valence-corrected chi connectivity index (χ3v) is 7.76. The monoisotopic (exact) mass is 592 g/mol. The van der Waals surface area contributed by atoms with Gasteiger partial charge < -0.3 is 19.9 Å². The smallest absolute Gasteiger partial charge is 0.251 e. The van der Waals surface area contributed by atoms with Crippen LogP contribution in [0.1, 0.15) is 22.7 Å². The molecular weight excluding hydrogens is 559 g/mol. The summed E-state index contributed by atoms with van der Waals surface area (Å²) >= 11 is 0. The summed E-state index contributed by atoms with van der Waals surface area (Å²) in [6.45, 7) is 4.95. The number of aromatic nitrogens is 3. The molecule has 1 N–H and O–H groups in total. The van der Waals surface area contributed by atoms with Crippen molar-refractivity contribution in [2.75, 3.05) is 36.5 Å². The number of hydrogen-bond donors (Lipinski definition) is 1. The molecule has 1 aliphatic heterocycles. The predicted molar refractivity (Wildman–Crippen MR) is 167 cm³/mol. The fourth-order valence-electron chi connectivity index (χ4n) is 5.37. The minimum Gasteiger partial charge on any atom is -0.378 e. The molecule has 2 heterocycles. The third-order valence-electron chi connectivity index (χ3n) is 7.76. The highest BCUT2D eigenvalue weighted by atomic mass is 19.1. The predicted octanol–water partition coefficient (Wildman–Crippen LogP) is 5.12. The summed E-state index contributed by atoms with van der Waals surface area (Å²) in [6, 6.07) is 27.4. The zero-order valence-corrected chi connectivity index (χ0v) is 24.4. The molecule has 5 aromatic rings. The van der Waals surface area contributed by atoms with E-state index >= 15 is 0 Å². The van der Waals surface area contributed by atoms with Crippen molar-refractivity contribution in [3.8, 4) is 0 Å². The van der Waals surface area contributed by atoms with E-state index in [0.29, 0.717) is 35.5 Å². The standard InChI is InChI=1S/C34H33FN6O3/c1-24-6-8-25(9-7-24)22-40(32(42)23-41-31-5-3-2-4-30(31)37-38-41)33(26-10-12-27(35)13-11-26)34(43)36-28-14-16-29(17-15-28)39-18-20-44-21-19-39/h2-17,33H,18-23H2,1H3,(H,36,43)/t33-/m1/s1. The summed E-state index contributed by atoms with van der Waals surface area (Å²) < 4.78 is 21.0. The number of halogens is 1. The van der Waals surface area contributed by atoms with E-state index in [9.17, 15) is 14.0 Å². The minimum absolute atomic E-state index is 0.133. The fraction of sp³-hybridized carbons (Fsp3) is 0.235. The Bertz CT molecular complexity index is 1730. The van der Waals surface area contributed by atoms with Gasteiger partial charge in [0.05, 0.1) is 18.7 Å². The van der Waals surface area contributed by atoms with Gasteiger partial charge in [0.25, 0.3) is 5.91 Å². The van der Waals surface area contributed by atoms with Crippen molar-refractivity contribution in [3.63, 3.8) is 0 Å². The van der Waals surface area contributed by atoms with Crippen molar-refractivity contribution in [3.05, 3.63) is 120 Å². The number of nitrogens with zero attached hydrogens (tertiary/aromatic N) is 5. The van der Waals surface area contributed by atoms with Gasteiger partial charge in [0.1, 0.15) is 23.9 Å². The van der Waals surface area contributed by atoms with Crippen LogP contribution in [-0.4, -0.2) is 58.0 Å². The first-order valence-corrected chi connectivity index (χ1v) is 14.6. The molecule has 0 saturated carbocycles. The number of ether oxygens (including phenoxy) is 1. The Hall–Kier alpha value is -5.09. The number of fused-ring (bicyclic) bond motifs is 1. The van der Waals surface area contributed by atoms with Gasteiger partial charge in [0.2, 0.25) is 5.91 Å². The molecule has 4 aromatic carbocycles. The summed E-state index contributed by atoms with van der Waals surface area (Å²) in [5.74, 6) is -1.19. The first kappa shape index (κ1) is 29.0. The molecule has 1 saturated heterocycles. The lowest BCUT2D eigenvalue weighted by Crippen LogP contribution is -2.42. The summed E-state index contributed by atoms with van der Waals surface area (Å²) in [4.78, 5) is 32.0. The van der Waals surface area contributed by atoms with Crippen LogP contribution in [0.5, 0.6) is 0 Å². The van der Waals surface area contributed by atoms with E-state index in [2.05, 4.69) is 20.5 Å². The number of carbonyl (C=O) groups is 2. The molecule has 6 rings (SSSR count). The molecule has 0 radical (unpaired) electrons. The molecule has 224 valence electrons. The van der Waals surface area contributed by atoms with Crippen LogP contribution in [-0.2, 0) is 27.4 Å². The summed E-state index contributed by atoms with van der Waals surface area (Å²) in [7, 11) is 0. The number of nitrogens with one attached hydrogen (secondary N) is 1. The Kier molecular flexibility index (Phi) is 8.60. The van der Waals surface area contributed by atoms with E-state index in [0.717, 1.165) is 29.9 Å². The van der Waals surface area contributed by atoms with Gasteiger partial charge in [-0.15, -0.1) is 5.10 Å². The molecule has 0 spiro atoms. The van der Waals surface area contributed by atoms with Gasteiger partial charge in [-0.2, -0.15) is 0 Å². The van der Waals surface area contributed by atoms with Crippen molar-refractivity contribution >= 4 is 34.2 Å². The number of hydrogen-bond acceptors (Lipinski definition) is 6. The average molecular weight is 593 g/mol. The average Bonchev–Trinajstić information content (AvgIpc) is 3.46. The highest BCUT2D eigenvalue weighted by Crippen LogP contribution is 2.28. The van der Waals surface area contributed by atoms with Gasteiger partial charge in [0.15, 0.2) is 0 Å². The Morgan fingerprint density at radius 1 is 0.932 bits per heavy atom. The maximum Gasteiger partial charge on any atom is 0.251 e. The number of carbonyl (C=O) groups excluding carboxylic acids is 2. The third kappa shape index (κ3) is 6.60. The van der Waals surface area contributed by atoms with Gasteiger partial charge in [-0.05, 0) is 66.6 Å². The Morgan fingerprint density at radius 3 is 2.36 bits per heavy atom. The Labute approximate surface area is 254 Å². The van der Waals surface area contributed by atoms with Crippen LogP contribution in [0.15, 0.2) is 97.1 Å². The zero-order valence-electron chi connectivity index (χ0n) is 24.4. The second kappa shape index (κ2) is 13.0. The molecule has 2 amide bonds. The number of anilines is 2. The fourth-order valence-corrected chi connectivity index (χ4v) is 5.37. The first-order valence-electron chi connectivity index (χ1n) is 14.6. The van der Waals surface area contributed by atoms with Crippen LogP contribution >= 0.6 is 0 Å². The number of morpholine rings is 1. The molecular formula is C34H33FN6O3. The van der Waals surface area contributed by atoms with E-state index in [1.54, 1.807) is 12.1 Å². The summed E-state index contributed by atoms with van der Waals surface area (Å²) in [5.41, 5.74) is 5.41. The topological polar surface area (TPSA) is 92.6 Å². The van der Waals surface area contributed by atoms with Crippen molar-refractivity contribution in [1.29, 1.82) is 0 Å². The van der Waals surface area contributed by atoms with E-state index in [-0.39, 0.29) is 19.0 Å². The second-order valence-corrected chi connectivity index (χ2v) is 10.8. The van der Waals surface area contributed by atoms with Crippen LogP contribution in [0.3, 0.4) is 0 Å². The lowest BCUT2D eigenvalue weighted by molar-refractivity contribution is -0.140. The van der Waals surface area contributed by atoms with E-state index in [4.69, 9.17) is 4.74 Å². The normalized spacial score (nSPS) is 13.9. The van der Waals surface area contributed by atoms with Crippen LogP contribution in [0.2, 0.25) is 0 Å². The molecule has 1 aliphatic rings. The van der Waals surface area contributed by atoms with Crippen LogP contribution in [0.4, 0.5) is 15.8 Å². The van der Waals surface area contributed by atoms with Crippen molar-refractivity contribution in [2.45, 2.75) is 26.1 Å². The number of benzene rings is 4. The number of rotatable bonds is 9. The molecule has 1 atom stereocenters. The van der Waals surface area contributed by atoms with Gasteiger partial charge in [-0.3, -0.25) is 9.59 Å². The molecule has 0 aliphatic carbocycles. The summed E-state index contributed by atoms with van der Waals surface area (Å²) in [6.07, 6.45) is 0. The van der Waals surface area contributed by atoms with Crippen LogP contribution < -0.4 is 10.2 Å². The van der Waals surface area contributed by atoms with Gasteiger partial charge >= 0.3 is 0 Å². The van der Waals surface area contributed by atoms with Crippen molar-refractivity contribution < 1.29 is 18.7 Å². The number of aryl methyl sites for hydroxylation is 1. The molecule has 9 nitrogen and oxygen atoms in total. The Morgan fingerprint density at radius 2 is 1.64 bits per heavy atom. The molecule has 10 heteroatoms. The minimum atomic E-state index is -1.06. The molecule has 0 unspecified atom stereocenters. The highest BCUT2D eigenvalue weighted by molar-refractivity contribution is 5.98. The quantitative estimate of drug-likeness (QED) is 0.255. The summed E-state index contributed by atoms with van der Waals surface area (Å²) in [5, 5.41) is 11.4. The van der Waals surface area contributed by atoms with E-state index < -0.39 is 17.8 Å². The van der Waals surface area contributed by atoms with E-state index in [1.807, 2.05) is 79.7 Å². The van der Waals surface area contributed by atoms with E-state index in [1.165, 1.54) is 21.7 Å². The maximum absolute atomic E-state index is 14.2. The Balaban J connectivity index is 1.33. The number of para-hydroxylation sites is 1. The SMILES string of the molecule is Cc1ccc(CN(C(=O)Cn2nnc3ccccc32)[C@@H](C(=O)Nc2ccc(N3CCOCC3)cc2)c2ccc(F)cc2)cc1. The van der Waals surface area contributed by atoms with Crippen molar-refractivity contribution in [2.24, 2.45) is 0 Å². The van der Waals surface area contributed by atoms with Gasteiger partial charge in [-0.25, -0.2) is 9.07 Å². The molecule has 44 heavy (non-hydrogen) atoms. The largest absolute Gasteiger partial charge is 0.378 e. The van der Waals surface area contributed by atoms with Gasteiger partial charge in [0, 0.05) is 31.0 Å². The molecule has 1 fully saturated rings. The zero-order chi connectivity index (χ0) is 30.5. The van der Waals surface area contributed by atoms with Crippen LogP contribution in [0.25, 0.3) is 11.0 Å². The second-order valence-electron chi connectivity index (χ2n) is 10.8. The highest BCUT2D eigenvalue weighted by Gasteiger charge is 2.32. The van der Waals surface area contributed by atoms with Crippen LogP contribution in [0, 0.1) is 12.7 Å². The van der Waals surface area contributed by atoms with Gasteiger partial charge in [-0.1, -0.05) is 59.3 Å². The lowest BCUT2D eigenvalue weighted by atomic mass is 10.0. The molecule has 0 bridgehead atoms. The number of amides is 2.